The summed E-state index contributed by atoms with van der Waals surface area (Å²) in [4.78, 5) is 39.2. The number of hydrogen-bond acceptors (Lipinski definition) is 4. The van der Waals surface area contributed by atoms with E-state index in [2.05, 4.69) is 17.4 Å². The summed E-state index contributed by atoms with van der Waals surface area (Å²) in [6.07, 6.45) is 1.66. The number of aromatic nitrogens is 2. The second-order valence-electron chi connectivity index (χ2n) is 8.81. The molecule has 0 aliphatic carbocycles. The van der Waals surface area contributed by atoms with Crippen LogP contribution in [-0.2, 0) is 24.3 Å². The van der Waals surface area contributed by atoms with Crippen LogP contribution in [0.3, 0.4) is 0 Å². The minimum Gasteiger partial charge on any atom is -0.352 e. The number of benzene rings is 2. The minimum atomic E-state index is -0.471. The first-order chi connectivity index (χ1) is 16.3. The summed E-state index contributed by atoms with van der Waals surface area (Å²) in [6, 6.07) is 17.7. The summed E-state index contributed by atoms with van der Waals surface area (Å²) in [5, 5.41) is 4.78. The van der Waals surface area contributed by atoms with Gasteiger partial charge in [-0.3, -0.25) is 18.7 Å². The molecular weight excluding hydrogens is 446 g/mol. The van der Waals surface area contributed by atoms with Gasteiger partial charge in [-0.1, -0.05) is 48.5 Å². The number of fused-ring (bicyclic) bond motifs is 1. The summed E-state index contributed by atoms with van der Waals surface area (Å²) >= 11 is 1.29. The van der Waals surface area contributed by atoms with Crippen LogP contribution in [0.4, 0.5) is 0 Å². The number of thiophene rings is 1. The van der Waals surface area contributed by atoms with E-state index in [0.29, 0.717) is 10.2 Å². The average Bonchev–Trinajstić information content (AvgIpc) is 3.31. The van der Waals surface area contributed by atoms with Crippen LogP contribution in [0.1, 0.15) is 35.6 Å². The smallest absolute Gasteiger partial charge is 0.332 e. The summed E-state index contributed by atoms with van der Waals surface area (Å²) in [5.41, 5.74) is 4.07. The van der Waals surface area contributed by atoms with E-state index in [1.807, 2.05) is 57.2 Å². The predicted octanol–water partition coefficient (Wildman–Crippen LogP) is 4.03. The van der Waals surface area contributed by atoms with Gasteiger partial charge in [-0.15, -0.1) is 11.3 Å². The first-order valence-electron chi connectivity index (χ1n) is 11.4. The van der Waals surface area contributed by atoms with Gasteiger partial charge in [-0.05, 0) is 67.3 Å². The van der Waals surface area contributed by atoms with Gasteiger partial charge in [0.15, 0.2) is 0 Å². The molecular formula is C27H29N3O3S. The maximum Gasteiger partial charge on any atom is 0.332 e. The van der Waals surface area contributed by atoms with Gasteiger partial charge in [0, 0.05) is 6.04 Å². The first-order valence-corrected chi connectivity index (χ1v) is 12.3. The van der Waals surface area contributed by atoms with Gasteiger partial charge < -0.3 is 5.32 Å². The number of aryl methyl sites for hydroxylation is 3. The highest BCUT2D eigenvalue weighted by molar-refractivity contribution is 7.17. The lowest BCUT2D eigenvalue weighted by Crippen LogP contribution is -2.43. The average molecular weight is 476 g/mol. The molecule has 0 aliphatic rings. The van der Waals surface area contributed by atoms with Crippen LogP contribution < -0.4 is 16.6 Å². The van der Waals surface area contributed by atoms with E-state index < -0.39 is 5.69 Å². The molecule has 34 heavy (non-hydrogen) atoms. The van der Waals surface area contributed by atoms with E-state index in [4.69, 9.17) is 0 Å². The molecule has 4 rings (SSSR count). The molecule has 0 bridgehead atoms. The van der Waals surface area contributed by atoms with Crippen molar-refractivity contribution in [2.75, 3.05) is 0 Å². The van der Waals surface area contributed by atoms with E-state index in [1.54, 1.807) is 11.4 Å². The van der Waals surface area contributed by atoms with Gasteiger partial charge in [0.1, 0.15) is 11.2 Å². The zero-order valence-electron chi connectivity index (χ0n) is 19.7. The molecule has 2 heterocycles. The Kier molecular flexibility index (Phi) is 7.12. The van der Waals surface area contributed by atoms with Crippen LogP contribution in [0.2, 0.25) is 0 Å². The van der Waals surface area contributed by atoms with Crippen molar-refractivity contribution < 1.29 is 4.79 Å². The maximum atomic E-state index is 13.3. The third-order valence-corrected chi connectivity index (χ3v) is 7.06. The van der Waals surface area contributed by atoms with E-state index in [9.17, 15) is 14.4 Å². The SMILES string of the molecule is Cc1ccc(Cn2c(=O)c3sccc3n(CC(=O)N[C@H](C)CCc3ccccc3)c2=O)cc1C. The monoisotopic (exact) mass is 475 g/mol. The van der Waals surface area contributed by atoms with E-state index >= 15 is 0 Å². The summed E-state index contributed by atoms with van der Waals surface area (Å²) < 4.78 is 3.12. The number of nitrogens with one attached hydrogen (secondary N) is 1. The maximum absolute atomic E-state index is 13.3. The molecule has 0 aliphatic heterocycles. The number of hydrogen-bond donors (Lipinski definition) is 1. The zero-order valence-corrected chi connectivity index (χ0v) is 20.5. The third-order valence-electron chi connectivity index (χ3n) is 6.17. The van der Waals surface area contributed by atoms with Gasteiger partial charge in [0.25, 0.3) is 5.56 Å². The van der Waals surface area contributed by atoms with E-state index in [1.165, 1.54) is 26.0 Å². The molecule has 0 saturated carbocycles. The minimum absolute atomic E-state index is 0.0391. The highest BCUT2D eigenvalue weighted by Gasteiger charge is 2.17. The standard InChI is InChI=1S/C27H29N3O3S/c1-18-9-11-22(15-19(18)2)16-30-26(32)25-23(13-14-34-25)29(27(30)33)17-24(31)28-20(3)10-12-21-7-5-4-6-8-21/h4-9,11,13-15,20H,10,12,16-17H2,1-3H3,(H,28,31)/t20-/m1/s1. The molecule has 4 aromatic rings. The van der Waals surface area contributed by atoms with Crippen molar-refractivity contribution in [1.29, 1.82) is 0 Å². The van der Waals surface area contributed by atoms with Gasteiger partial charge in [0.05, 0.1) is 12.1 Å². The second-order valence-corrected chi connectivity index (χ2v) is 9.72. The van der Waals surface area contributed by atoms with Gasteiger partial charge in [0.2, 0.25) is 5.91 Å². The van der Waals surface area contributed by atoms with Crippen LogP contribution in [0.25, 0.3) is 10.2 Å². The lowest BCUT2D eigenvalue weighted by molar-refractivity contribution is -0.122. The van der Waals surface area contributed by atoms with Crippen molar-refractivity contribution in [2.45, 2.75) is 52.7 Å². The Morgan fingerprint density at radius 3 is 2.47 bits per heavy atom. The molecule has 6 nitrogen and oxygen atoms in total. The van der Waals surface area contributed by atoms with Crippen LogP contribution in [-0.4, -0.2) is 21.1 Å². The molecule has 7 heteroatoms. The van der Waals surface area contributed by atoms with Crippen molar-refractivity contribution in [1.82, 2.24) is 14.5 Å². The van der Waals surface area contributed by atoms with Crippen molar-refractivity contribution in [3.8, 4) is 0 Å². The number of carbonyl (C=O) groups is 1. The normalized spacial score (nSPS) is 12.1. The molecule has 2 aromatic heterocycles. The molecule has 0 saturated heterocycles. The lowest BCUT2D eigenvalue weighted by Gasteiger charge is -2.16. The van der Waals surface area contributed by atoms with Gasteiger partial charge in [-0.2, -0.15) is 0 Å². The zero-order chi connectivity index (χ0) is 24.2. The van der Waals surface area contributed by atoms with Crippen molar-refractivity contribution in [3.63, 3.8) is 0 Å². The second kappa shape index (κ2) is 10.2. The molecule has 1 atom stereocenters. The molecule has 2 aromatic carbocycles. The van der Waals surface area contributed by atoms with Crippen molar-refractivity contribution in [3.05, 3.63) is 103 Å². The summed E-state index contributed by atoms with van der Waals surface area (Å²) in [6.45, 7) is 6.03. The molecule has 0 fully saturated rings. The fourth-order valence-corrected chi connectivity index (χ4v) is 4.92. The molecule has 176 valence electrons. The Bertz CT molecular complexity index is 1430. The highest BCUT2D eigenvalue weighted by atomic mass is 32.1. The first kappa shape index (κ1) is 23.7. The Labute approximate surface area is 202 Å². The number of amides is 1. The van der Waals surface area contributed by atoms with Crippen LogP contribution in [0, 0.1) is 13.8 Å². The Morgan fingerprint density at radius 1 is 0.971 bits per heavy atom. The summed E-state index contributed by atoms with van der Waals surface area (Å²) in [7, 11) is 0. The Morgan fingerprint density at radius 2 is 1.74 bits per heavy atom. The number of rotatable bonds is 8. The predicted molar refractivity (Wildman–Crippen MR) is 138 cm³/mol. The summed E-state index contributed by atoms with van der Waals surface area (Å²) in [5.74, 6) is -0.244. The molecule has 0 unspecified atom stereocenters. The van der Waals surface area contributed by atoms with Gasteiger partial charge in [-0.25, -0.2) is 4.79 Å². The largest absolute Gasteiger partial charge is 0.352 e. The molecule has 1 N–H and O–H groups in total. The third kappa shape index (κ3) is 5.20. The van der Waals surface area contributed by atoms with Crippen LogP contribution in [0.15, 0.2) is 69.6 Å². The molecule has 0 radical (unpaired) electrons. The van der Waals surface area contributed by atoms with Crippen LogP contribution >= 0.6 is 11.3 Å². The number of nitrogens with zero attached hydrogens (tertiary/aromatic N) is 2. The lowest BCUT2D eigenvalue weighted by atomic mass is 10.1. The Balaban J connectivity index is 1.55. The van der Waals surface area contributed by atoms with Crippen LogP contribution in [0.5, 0.6) is 0 Å². The van der Waals surface area contributed by atoms with Gasteiger partial charge >= 0.3 is 5.69 Å². The highest BCUT2D eigenvalue weighted by Crippen LogP contribution is 2.16. The Hall–Kier alpha value is -3.45. The number of carbonyl (C=O) groups excluding carboxylic acids is 1. The van der Waals surface area contributed by atoms with Crippen molar-refractivity contribution >= 4 is 27.5 Å². The van der Waals surface area contributed by atoms with Crippen molar-refractivity contribution in [2.24, 2.45) is 0 Å². The van der Waals surface area contributed by atoms with E-state index in [0.717, 1.165) is 29.5 Å². The molecule has 1 amide bonds. The fraction of sp³-hybridized carbons (Fsp3) is 0.296. The fourth-order valence-electron chi connectivity index (χ4n) is 4.07. The topological polar surface area (TPSA) is 73.1 Å². The quantitative estimate of drug-likeness (QED) is 0.418. The van der Waals surface area contributed by atoms with E-state index in [-0.39, 0.29) is 30.6 Å². The molecule has 0 spiro atoms.